The Kier molecular flexibility index (Phi) is 4.20. The predicted octanol–water partition coefficient (Wildman–Crippen LogP) is 1.93. The zero-order valence-corrected chi connectivity index (χ0v) is 8.97. The van der Waals surface area contributed by atoms with Crippen molar-refractivity contribution in [3.05, 3.63) is 0 Å². The lowest BCUT2D eigenvalue weighted by atomic mass is 10.0. The molecule has 0 bridgehead atoms. The van der Waals surface area contributed by atoms with Gasteiger partial charge in [0.15, 0.2) is 0 Å². The molecule has 0 radical (unpaired) electrons. The number of aliphatic hydroxyl groups is 1. The minimum atomic E-state index is -0.0986. The summed E-state index contributed by atoms with van der Waals surface area (Å²) in [5.74, 6) is 0.946. The summed E-state index contributed by atoms with van der Waals surface area (Å²) in [7, 11) is 0. The van der Waals surface area contributed by atoms with Gasteiger partial charge in [-0.3, -0.25) is 0 Å². The van der Waals surface area contributed by atoms with Crippen molar-refractivity contribution in [2.24, 2.45) is 5.92 Å². The van der Waals surface area contributed by atoms with Crippen LogP contribution in [0.2, 0.25) is 0 Å². The first-order valence-corrected chi connectivity index (χ1v) is 5.50. The summed E-state index contributed by atoms with van der Waals surface area (Å²) in [5, 5.41) is 12.4. The number of nitrogens with one attached hydrogen (secondary N) is 1. The van der Waals surface area contributed by atoms with Crippen molar-refractivity contribution in [3.63, 3.8) is 0 Å². The first kappa shape index (κ1) is 11.0. The van der Waals surface area contributed by atoms with Crippen LogP contribution in [-0.4, -0.2) is 23.8 Å². The standard InChI is InChI=1S/C11H23NO/c1-11(2,9-13)12-8-7-10-5-3-4-6-10/h10,12-13H,3-9H2,1-2H3. The molecular weight excluding hydrogens is 162 g/mol. The molecule has 2 N–H and O–H groups in total. The number of hydrogen-bond acceptors (Lipinski definition) is 2. The molecule has 0 aliphatic heterocycles. The van der Waals surface area contributed by atoms with Gasteiger partial charge in [-0.15, -0.1) is 0 Å². The van der Waals surface area contributed by atoms with Crippen LogP contribution in [0.1, 0.15) is 46.0 Å². The Morgan fingerprint density at radius 1 is 1.31 bits per heavy atom. The highest BCUT2D eigenvalue weighted by molar-refractivity contribution is 4.77. The maximum absolute atomic E-state index is 9.02. The molecule has 0 saturated heterocycles. The monoisotopic (exact) mass is 185 g/mol. The van der Waals surface area contributed by atoms with Gasteiger partial charge < -0.3 is 10.4 Å². The van der Waals surface area contributed by atoms with Gasteiger partial charge >= 0.3 is 0 Å². The Labute approximate surface area is 81.7 Å². The normalized spacial score (nSPS) is 19.6. The van der Waals surface area contributed by atoms with Gasteiger partial charge in [0, 0.05) is 5.54 Å². The van der Waals surface area contributed by atoms with E-state index >= 15 is 0 Å². The van der Waals surface area contributed by atoms with E-state index in [4.69, 9.17) is 5.11 Å². The summed E-state index contributed by atoms with van der Waals surface area (Å²) in [6.07, 6.45) is 6.97. The van der Waals surface area contributed by atoms with Gasteiger partial charge in [-0.25, -0.2) is 0 Å². The van der Waals surface area contributed by atoms with Gasteiger partial charge in [0.25, 0.3) is 0 Å². The van der Waals surface area contributed by atoms with Crippen LogP contribution in [0.25, 0.3) is 0 Å². The number of hydrogen-bond donors (Lipinski definition) is 2. The van der Waals surface area contributed by atoms with Crippen molar-refractivity contribution >= 4 is 0 Å². The van der Waals surface area contributed by atoms with E-state index in [1.807, 2.05) is 13.8 Å². The van der Waals surface area contributed by atoms with Crippen LogP contribution in [0.4, 0.5) is 0 Å². The Hall–Kier alpha value is -0.0800. The third-order valence-electron chi connectivity index (χ3n) is 3.03. The first-order valence-electron chi connectivity index (χ1n) is 5.50. The summed E-state index contributed by atoms with van der Waals surface area (Å²) in [6, 6.07) is 0. The summed E-state index contributed by atoms with van der Waals surface area (Å²) in [4.78, 5) is 0. The molecule has 0 aromatic rings. The summed E-state index contributed by atoms with van der Waals surface area (Å²) in [5.41, 5.74) is -0.0986. The molecule has 13 heavy (non-hydrogen) atoms. The molecule has 1 aliphatic carbocycles. The molecule has 2 heteroatoms. The molecule has 2 nitrogen and oxygen atoms in total. The molecule has 1 rings (SSSR count). The minimum Gasteiger partial charge on any atom is -0.394 e. The van der Waals surface area contributed by atoms with E-state index in [0.29, 0.717) is 0 Å². The third kappa shape index (κ3) is 4.10. The van der Waals surface area contributed by atoms with E-state index in [9.17, 15) is 0 Å². The fourth-order valence-corrected chi connectivity index (χ4v) is 1.97. The van der Waals surface area contributed by atoms with Crippen LogP contribution >= 0.6 is 0 Å². The lowest BCUT2D eigenvalue weighted by Gasteiger charge is -2.24. The summed E-state index contributed by atoms with van der Waals surface area (Å²) >= 11 is 0. The van der Waals surface area contributed by atoms with E-state index in [1.54, 1.807) is 0 Å². The molecule has 1 saturated carbocycles. The summed E-state index contributed by atoms with van der Waals surface area (Å²) < 4.78 is 0. The first-order chi connectivity index (χ1) is 6.14. The smallest absolute Gasteiger partial charge is 0.0607 e. The predicted molar refractivity (Wildman–Crippen MR) is 55.7 cm³/mol. The van der Waals surface area contributed by atoms with Crippen LogP contribution < -0.4 is 5.32 Å². The zero-order chi connectivity index (χ0) is 9.73. The van der Waals surface area contributed by atoms with Crippen LogP contribution in [0.15, 0.2) is 0 Å². The molecule has 0 spiro atoms. The molecule has 0 heterocycles. The van der Waals surface area contributed by atoms with E-state index in [0.717, 1.165) is 12.5 Å². The van der Waals surface area contributed by atoms with Crippen molar-refractivity contribution < 1.29 is 5.11 Å². The van der Waals surface area contributed by atoms with Crippen molar-refractivity contribution in [2.75, 3.05) is 13.2 Å². The van der Waals surface area contributed by atoms with Crippen molar-refractivity contribution in [3.8, 4) is 0 Å². The van der Waals surface area contributed by atoms with Crippen LogP contribution in [-0.2, 0) is 0 Å². The SMILES string of the molecule is CC(C)(CO)NCCC1CCCC1. The second-order valence-corrected chi connectivity index (χ2v) is 4.91. The Bertz CT molecular complexity index is 139. The summed E-state index contributed by atoms with van der Waals surface area (Å²) in [6.45, 7) is 5.36. The largest absolute Gasteiger partial charge is 0.394 e. The van der Waals surface area contributed by atoms with Gasteiger partial charge in [-0.2, -0.15) is 0 Å². The van der Waals surface area contributed by atoms with Crippen molar-refractivity contribution in [1.29, 1.82) is 0 Å². The Morgan fingerprint density at radius 3 is 2.46 bits per heavy atom. The minimum absolute atomic E-state index is 0.0986. The highest BCUT2D eigenvalue weighted by Gasteiger charge is 2.18. The number of rotatable bonds is 5. The van der Waals surface area contributed by atoms with Gasteiger partial charge in [0.1, 0.15) is 0 Å². The lowest BCUT2D eigenvalue weighted by Crippen LogP contribution is -2.43. The van der Waals surface area contributed by atoms with Crippen molar-refractivity contribution in [2.45, 2.75) is 51.5 Å². The molecule has 78 valence electrons. The third-order valence-corrected chi connectivity index (χ3v) is 3.03. The number of aliphatic hydroxyl groups excluding tert-OH is 1. The van der Waals surface area contributed by atoms with Gasteiger partial charge in [0.05, 0.1) is 6.61 Å². The molecule has 0 unspecified atom stereocenters. The molecule has 1 aliphatic rings. The van der Waals surface area contributed by atoms with E-state index in [2.05, 4.69) is 5.32 Å². The van der Waals surface area contributed by atoms with E-state index in [-0.39, 0.29) is 12.1 Å². The molecule has 0 amide bonds. The molecule has 0 aromatic carbocycles. The topological polar surface area (TPSA) is 32.3 Å². The van der Waals surface area contributed by atoms with Crippen LogP contribution in [0.3, 0.4) is 0 Å². The quantitative estimate of drug-likeness (QED) is 0.686. The Balaban J connectivity index is 2.06. The average Bonchev–Trinajstić information content (AvgIpc) is 2.57. The van der Waals surface area contributed by atoms with Crippen LogP contribution in [0.5, 0.6) is 0 Å². The van der Waals surface area contributed by atoms with Gasteiger partial charge in [-0.05, 0) is 32.7 Å². The molecule has 1 fully saturated rings. The fraction of sp³-hybridized carbons (Fsp3) is 1.00. The average molecular weight is 185 g/mol. The fourth-order valence-electron chi connectivity index (χ4n) is 1.97. The van der Waals surface area contributed by atoms with Crippen molar-refractivity contribution in [1.82, 2.24) is 5.32 Å². The second-order valence-electron chi connectivity index (χ2n) is 4.91. The highest BCUT2D eigenvalue weighted by atomic mass is 16.3. The van der Waals surface area contributed by atoms with Gasteiger partial charge in [0.2, 0.25) is 0 Å². The molecule has 0 aromatic heterocycles. The van der Waals surface area contributed by atoms with Gasteiger partial charge in [-0.1, -0.05) is 25.7 Å². The molecule has 0 atom stereocenters. The Morgan fingerprint density at radius 2 is 1.92 bits per heavy atom. The highest BCUT2D eigenvalue weighted by Crippen LogP contribution is 2.27. The molecular formula is C11H23NO. The maximum Gasteiger partial charge on any atom is 0.0607 e. The lowest BCUT2D eigenvalue weighted by molar-refractivity contribution is 0.186. The van der Waals surface area contributed by atoms with E-state index in [1.165, 1.54) is 32.1 Å². The maximum atomic E-state index is 9.02. The van der Waals surface area contributed by atoms with Crippen LogP contribution in [0, 0.1) is 5.92 Å². The second kappa shape index (κ2) is 4.97. The van der Waals surface area contributed by atoms with E-state index < -0.39 is 0 Å². The zero-order valence-electron chi connectivity index (χ0n) is 8.97.